The fourth-order valence-electron chi connectivity index (χ4n) is 2.75. The molecule has 2 N–H and O–H groups in total. The quantitative estimate of drug-likeness (QED) is 0.749. The molecule has 0 radical (unpaired) electrons. The van der Waals surface area contributed by atoms with Crippen LogP contribution in [0.15, 0.2) is 0 Å². The molecule has 0 bridgehead atoms. The van der Waals surface area contributed by atoms with Crippen molar-refractivity contribution >= 4 is 11.9 Å². The topological polar surface area (TPSA) is 67.4 Å². The van der Waals surface area contributed by atoms with Crippen molar-refractivity contribution in [3.05, 3.63) is 0 Å². The molecule has 0 aromatic heterocycles. The Balaban J connectivity index is 1.86. The molecule has 2 fully saturated rings. The SMILES string of the molecule is CC(C)[C@@H]1NC(C(=O)NC2CCCCC2)COC1=O. The van der Waals surface area contributed by atoms with E-state index in [1.165, 1.54) is 19.3 Å². The molecule has 2 rings (SSSR count). The molecule has 1 saturated carbocycles. The lowest BCUT2D eigenvalue weighted by Crippen LogP contribution is -2.60. The highest BCUT2D eigenvalue weighted by Crippen LogP contribution is 2.18. The van der Waals surface area contributed by atoms with Crippen molar-refractivity contribution in [2.24, 2.45) is 5.92 Å². The van der Waals surface area contributed by atoms with Gasteiger partial charge in [0.05, 0.1) is 0 Å². The molecular formula is C14H24N2O3. The van der Waals surface area contributed by atoms with Gasteiger partial charge in [0.1, 0.15) is 18.7 Å². The first-order valence-electron chi connectivity index (χ1n) is 7.31. The Labute approximate surface area is 114 Å². The molecule has 1 unspecified atom stereocenters. The Morgan fingerprint density at radius 3 is 2.63 bits per heavy atom. The molecule has 5 nitrogen and oxygen atoms in total. The highest BCUT2D eigenvalue weighted by molar-refractivity contribution is 5.85. The Hall–Kier alpha value is -1.10. The van der Waals surface area contributed by atoms with Gasteiger partial charge in [-0.15, -0.1) is 0 Å². The van der Waals surface area contributed by atoms with E-state index in [-0.39, 0.29) is 36.5 Å². The summed E-state index contributed by atoms with van der Waals surface area (Å²) in [6.45, 7) is 4.03. The van der Waals surface area contributed by atoms with E-state index in [9.17, 15) is 9.59 Å². The first-order chi connectivity index (χ1) is 9.08. The Bertz CT molecular complexity index is 338. The van der Waals surface area contributed by atoms with Gasteiger partial charge < -0.3 is 10.1 Å². The van der Waals surface area contributed by atoms with Crippen molar-refractivity contribution in [1.82, 2.24) is 10.6 Å². The number of morpholine rings is 1. The number of nitrogens with one attached hydrogen (secondary N) is 2. The molecule has 0 spiro atoms. The maximum absolute atomic E-state index is 12.2. The fourth-order valence-corrected chi connectivity index (χ4v) is 2.75. The van der Waals surface area contributed by atoms with Gasteiger partial charge in [-0.25, -0.2) is 0 Å². The number of ether oxygens (including phenoxy) is 1. The van der Waals surface area contributed by atoms with Crippen molar-refractivity contribution in [2.45, 2.75) is 64.1 Å². The number of hydrogen-bond donors (Lipinski definition) is 2. The largest absolute Gasteiger partial charge is 0.462 e. The fraction of sp³-hybridized carbons (Fsp3) is 0.857. The Kier molecular flexibility index (Phi) is 4.80. The summed E-state index contributed by atoms with van der Waals surface area (Å²) >= 11 is 0. The average Bonchev–Trinajstić information content (AvgIpc) is 2.40. The van der Waals surface area contributed by atoms with Crippen LogP contribution >= 0.6 is 0 Å². The maximum atomic E-state index is 12.2. The average molecular weight is 268 g/mol. The van der Waals surface area contributed by atoms with Crippen molar-refractivity contribution in [1.29, 1.82) is 0 Å². The lowest BCUT2D eigenvalue weighted by molar-refractivity contribution is -0.155. The number of rotatable bonds is 3. The highest BCUT2D eigenvalue weighted by Gasteiger charge is 2.35. The van der Waals surface area contributed by atoms with Crippen LogP contribution in [0.25, 0.3) is 0 Å². The second kappa shape index (κ2) is 6.37. The zero-order chi connectivity index (χ0) is 13.8. The Morgan fingerprint density at radius 2 is 2.00 bits per heavy atom. The third-order valence-corrected chi connectivity index (χ3v) is 3.96. The lowest BCUT2D eigenvalue weighted by atomic mass is 9.95. The Morgan fingerprint density at radius 1 is 1.32 bits per heavy atom. The minimum Gasteiger partial charge on any atom is -0.462 e. The van der Waals surface area contributed by atoms with Crippen molar-refractivity contribution in [3.8, 4) is 0 Å². The van der Waals surface area contributed by atoms with Gasteiger partial charge in [0.25, 0.3) is 0 Å². The third kappa shape index (κ3) is 3.69. The number of cyclic esters (lactones) is 1. The predicted octanol–water partition coefficient (Wildman–Crippen LogP) is 0.975. The van der Waals surface area contributed by atoms with Crippen LogP contribution < -0.4 is 10.6 Å². The number of hydrogen-bond acceptors (Lipinski definition) is 4. The summed E-state index contributed by atoms with van der Waals surface area (Å²) in [5.74, 6) is -0.167. The molecule has 1 amide bonds. The number of amides is 1. The number of carbonyl (C=O) groups excluding carboxylic acids is 2. The summed E-state index contributed by atoms with van der Waals surface area (Å²) in [4.78, 5) is 23.8. The van der Waals surface area contributed by atoms with Crippen LogP contribution in [0, 0.1) is 5.92 Å². The summed E-state index contributed by atoms with van der Waals surface area (Å²) < 4.78 is 5.11. The van der Waals surface area contributed by atoms with Crippen LogP contribution in [0.4, 0.5) is 0 Å². The normalized spacial score (nSPS) is 29.1. The molecule has 1 heterocycles. The second-order valence-corrected chi connectivity index (χ2v) is 5.91. The zero-order valence-corrected chi connectivity index (χ0v) is 11.8. The molecule has 0 aromatic rings. The van der Waals surface area contributed by atoms with E-state index in [4.69, 9.17) is 4.74 Å². The molecule has 1 aliphatic carbocycles. The number of esters is 1. The van der Waals surface area contributed by atoms with Crippen molar-refractivity contribution < 1.29 is 14.3 Å². The molecule has 108 valence electrons. The molecule has 0 aromatic carbocycles. The van der Waals surface area contributed by atoms with E-state index in [2.05, 4.69) is 10.6 Å². The van der Waals surface area contributed by atoms with E-state index in [0.717, 1.165) is 12.8 Å². The minimum atomic E-state index is -0.410. The van der Waals surface area contributed by atoms with E-state index in [1.807, 2.05) is 13.8 Å². The van der Waals surface area contributed by atoms with Crippen LogP contribution in [0.5, 0.6) is 0 Å². The van der Waals surface area contributed by atoms with Crippen LogP contribution in [0.3, 0.4) is 0 Å². The van der Waals surface area contributed by atoms with Crippen LogP contribution in [0.1, 0.15) is 46.0 Å². The third-order valence-electron chi connectivity index (χ3n) is 3.96. The van der Waals surface area contributed by atoms with Crippen LogP contribution in [-0.4, -0.2) is 36.6 Å². The van der Waals surface area contributed by atoms with Gasteiger partial charge in [0.2, 0.25) is 5.91 Å². The van der Waals surface area contributed by atoms with Crippen molar-refractivity contribution in [2.75, 3.05) is 6.61 Å². The second-order valence-electron chi connectivity index (χ2n) is 5.91. The molecule has 19 heavy (non-hydrogen) atoms. The first kappa shape index (κ1) is 14.3. The van der Waals surface area contributed by atoms with Gasteiger partial charge >= 0.3 is 5.97 Å². The summed E-state index contributed by atoms with van der Waals surface area (Å²) in [6.07, 6.45) is 5.76. The maximum Gasteiger partial charge on any atom is 0.323 e. The predicted molar refractivity (Wildman–Crippen MR) is 71.5 cm³/mol. The van der Waals surface area contributed by atoms with E-state index in [1.54, 1.807) is 0 Å². The minimum absolute atomic E-state index is 0.0370. The van der Waals surface area contributed by atoms with Gasteiger partial charge in [0.15, 0.2) is 0 Å². The molecule has 1 aliphatic heterocycles. The molecular weight excluding hydrogens is 244 g/mol. The first-order valence-corrected chi connectivity index (χ1v) is 7.31. The van der Waals surface area contributed by atoms with Gasteiger partial charge in [-0.05, 0) is 18.8 Å². The zero-order valence-electron chi connectivity index (χ0n) is 11.8. The molecule has 2 atom stereocenters. The lowest BCUT2D eigenvalue weighted by Gasteiger charge is -2.32. The molecule has 1 saturated heterocycles. The standard InChI is InChI=1S/C14H24N2O3/c1-9(2)12-14(18)19-8-11(16-12)13(17)15-10-6-4-3-5-7-10/h9-12,16H,3-8H2,1-2H3,(H,15,17)/t11?,12-/m0/s1. The summed E-state index contributed by atoms with van der Waals surface area (Å²) in [5, 5.41) is 6.18. The van der Waals surface area contributed by atoms with Gasteiger partial charge in [0, 0.05) is 6.04 Å². The molecule has 2 aliphatic rings. The monoisotopic (exact) mass is 268 g/mol. The van der Waals surface area contributed by atoms with Crippen LogP contribution in [-0.2, 0) is 14.3 Å². The highest BCUT2D eigenvalue weighted by atomic mass is 16.5. The van der Waals surface area contributed by atoms with E-state index in [0.29, 0.717) is 0 Å². The van der Waals surface area contributed by atoms with E-state index < -0.39 is 6.04 Å². The summed E-state index contributed by atoms with van der Waals surface area (Å²) in [6, 6.07) is -0.499. The summed E-state index contributed by atoms with van der Waals surface area (Å²) in [5.41, 5.74) is 0. The summed E-state index contributed by atoms with van der Waals surface area (Å²) in [7, 11) is 0. The van der Waals surface area contributed by atoms with E-state index >= 15 is 0 Å². The van der Waals surface area contributed by atoms with Crippen molar-refractivity contribution in [3.63, 3.8) is 0 Å². The van der Waals surface area contributed by atoms with Gasteiger partial charge in [-0.2, -0.15) is 0 Å². The number of carbonyl (C=O) groups is 2. The van der Waals surface area contributed by atoms with Gasteiger partial charge in [-0.1, -0.05) is 33.1 Å². The van der Waals surface area contributed by atoms with Gasteiger partial charge in [-0.3, -0.25) is 14.9 Å². The van der Waals surface area contributed by atoms with Crippen LogP contribution in [0.2, 0.25) is 0 Å². The molecule has 5 heteroatoms. The smallest absolute Gasteiger partial charge is 0.323 e.